The highest BCUT2D eigenvalue weighted by Gasteiger charge is 2.00. The largest absolute Gasteiger partial charge is 0.317 e. The minimum Gasteiger partial charge on any atom is -0.317 e. The number of benzene rings is 1. The smallest absolute Gasteiger partial charge is 0.283 e. The molecule has 0 saturated heterocycles. The lowest BCUT2D eigenvalue weighted by Gasteiger charge is -2.04. The summed E-state index contributed by atoms with van der Waals surface area (Å²) in [6, 6.07) is 7.94. The van der Waals surface area contributed by atoms with E-state index in [1.165, 1.54) is 17.3 Å². The Morgan fingerprint density at radius 2 is 2.21 bits per heavy atom. The molecule has 3 heteroatoms. The molecule has 14 heavy (non-hydrogen) atoms. The molecule has 76 valence electrons. The molecule has 0 atom stereocenters. The summed E-state index contributed by atoms with van der Waals surface area (Å²) in [6.07, 6.45) is 0.991. The van der Waals surface area contributed by atoms with Crippen LogP contribution in [0.4, 0.5) is 10.5 Å². The lowest BCUT2D eigenvalue weighted by Crippen LogP contribution is -2.05. The molecule has 1 aromatic rings. The maximum absolute atomic E-state index is 11.3. The van der Waals surface area contributed by atoms with Crippen LogP contribution in [0.1, 0.15) is 19.4 Å². The average Bonchev–Trinajstić information content (AvgIpc) is 2.18. The highest BCUT2D eigenvalue weighted by atomic mass is 32.2. The third-order valence-corrected chi connectivity index (χ3v) is 2.51. The maximum atomic E-state index is 11.3. The minimum absolute atomic E-state index is 0.0146. The zero-order chi connectivity index (χ0) is 10.4. The van der Waals surface area contributed by atoms with E-state index in [1.807, 2.05) is 25.1 Å². The van der Waals surface area contributed by atoms with Crippen molar-refractivity contribution < 1.29 is 4.79 Å². The molecule has 1 rings (SSSR count). The lowest BCUT2D eigenvalue weighted by atomic mass is 10.1. The number of hydrogen-bond donors (Lipinski definition) is 1. The van der Waals surface area contributed by atoms with E-state index in [4.69, 9.17) is 0 Å². The molecule has 0 aromatic heterocycles. The van der Waals surface area contributed by atoms with E-state index in [2.05, 4.69) is 18.3 Å². The Bertz CT molecular complexity index is 312. The van der Waals surface area contributed by atoms with Crippen molar-refractivity contribution in [3.05, 3.63) is 29.8 Å². The molecule has 0 bridgehead atoms. The Labute approximate surface area is 89.1 Å². The number of anilines is 1. The summed E-state index contributed by atoms with van der Waals surface area (Å²) >= 11 is 1.29. The van der Waals surface area contributed by atoms with Crippen molar-refractivity contribution in [1.29, 1.82) is 0 Å². The monoisotopic (exact) mass is 209 g/mol. The van der Waals surface area contributed by atoms with Crippen molar-refractivity contribution >= 4 is 22.7 Å². The zero-order valence-corrected chi connectivity index (χ0v) is 9.36. The van der Waals surface area contributed by atoms with Gasteiger partial charge < -0.3 is 5.32 Å². The molecule has 1 aromatic carbocycles. The molecule has 1 amide bonds. The van der Waals surface area contributed by atoms with Gasteiger partial charge >= 0.3 is 0 Å². The Hall–Kier alpha value is -0.960. The van der Waals surface area contributed by atoms with E-state index < -0.39 is 0 Å². The Balaban J connectivity index is 2.62. The van der Waals surface area contributed by atoms with Gasteiger partial charge in [-0.05, 0) is 29.9 Å². The molecular formula is C11H15NOS. The van der Waals surface area contributed by atoms with Crippen LogP contribution in [0.25, 0.3) is 0 Å². The topological polar surface area (TPSA) is 29.1 Å². The Morgan fingerprint density at radius 1 is 1.43 bits per heavy atom. The van der Waals surface area contributed by atoms with E-state index >= 15 is 0 Å². The molecule has 0 aliphatic rings. The standard InChI is InChI=1S/C11H15NOS/c1-3-9-6-5-7-10(8-9)12-11(13)14-4-2/h5-8H,3-4H2,1-2H3,(H,12,13). The van der Waals surface area contributed by atoms with E-state index in [9.17, 15) is 4.79 Å². The number of nitrogens with one attached hydrogen (secondary N) is 1. The summed E-state index contributed by atoms with van der Waals surface area (Å²) in [5, 5.41) is 2.86. The van der Waals surface area contributed by atoms with Crippen LogP contribution >= 0.6 is 11.8 Å². The van der Waals surface area contributed by atoms with Crippen LogP contribution < -0.4 is 5.32 Å². The normalized spacial score (nSPS) is 9.86. The second-order valence-electron chi connectivity index (χ2n) is 2.90. The SMILES string of the molecule is CCSC(=O)Nc1cccc(CC)c1. The fourth-order valence-electron chi connectivity index (χ4n) is 1.15. The second kappa shape index (κ2) is 5.70. The van der Waals surface area contributed by atoms with Crippen molar-refractivity contribution in [1.82, 2.24) is 0 Å². The van der Waals surface area contributed by atoms with Crippen molar-refractivity contribution in [2.45, 2.75) is 20.3 Å². The number of amides is 1. The van der Waals surface area contributed by atoms with Crippen molar-refractivity contribution in [3.63, 3.8) is 0 Å². The van der Waals surface area contributed by atoms with Crippen molar-refractivity contribution in [2.24, 2.45) is 0 Å². The fraction of sp³-hybridized carbons (Fsp3) is 0.364. The van der Waals surface area contributed by atoms with Gasteiger partial charge in [0.15, 0.2) is 0 Å². The first-order valence-electron chi connectivity index (χ1n) is 4.79. The maximum Gasteiger partial charge on any atom is 0.283 e. The van der Waals surface area contributed by atoms with Crippen LogP contribution in [0, 0.1) is 0 Å². The van der Waals surface area contributed by atoms with Gasteiger partial charge in [0.05, 0.1) is 0 Å². The number of carbonyl (C=O) groups excluding carboxylic acids is 1. The van der Waals surface area contributed by atoms with Gasteiger partial charge in [0.25, 0.3) is 5.24 Å². The summed E-state index contributed by atoms with van der Waals surface area (Å²) in [7, 11) is 0. The van der Waals surface area contributed by atoms with Gasteiger partial charge in [0.2, 0.25) is 0 Å². The molecule has 0 radical (unpaired) electrons. The summed E-state index contributed by atoms with van der Waals surface area (Å²) in [5.41, 5.74) is 2.12. The van der Waals surface area contributed by atoms with Crippen LogP contribution in [-0.2, 0) is 6.42 Å². The lowest BCUT2D eigenvalue weighted by molar-refractivity contribution is 0.270. The summed E-state index contributed by atoms with van der Waals surface area (Å²) in [5.74, 6) is 0.805. The van der Waals surface area contributed by atoms with Crippen molar-refractivity contribution in [3.8, 4) is 0 Å². The molecule has 0 unspecified atom stereocenters. The number of rotatable bonds is 3. The van der Waals surface area contributed by atoms with Gasteiger partial charge in [0, 0.05) is 5.69 Å². The quantitative estimate of drug-likeness (QED) is 0.825. The predicted octanol–water partition coefficient (Wildman–Crippen LogP) is 3.53. The first-order chi connectivity index (χ1) is 6.76. The van der Waals surface area contributed by atoms with E-state index in [-0.39, 0.29) is 5.24 Å². The molecular weight excluding hydrogens is 194 g/mol. The summed E-state index contributed by atoms with van der Waals surface area (Å²) < 4.78 is 0. The zero-order valence-electron chi connectivity index (χ0n) is 8.54. The van der Waals surface area contributed by atoms with Gasteiger partial charge in [-0.1, -0.05) is 37.7 Å². The molecule has 0 aliphatic heterocycles. The van der Waals surface area contributed by atoms with Gasteiger partial charge in [-0.15, -0.1) is 0 Å². The van der Waals surface area contributed by atoms with Gasteiger partial charge in [0.1, 0.15) is 0 Å². The average molecular weight is 209 g/mol. The number of hydrogen-bond acceptors (Lipinski definition) is 2. The van der Waals surface area contributed by atoms with Gasteiger partial charge in [-0.25, -0.2) is 0 Å². The molecule has 1 N–H and O–H groups in total. The van der Waals surface area contributed by atoms with Crippen LogP contribution in [0.5, 0.6) is 0 Å². The first kappa shape index (κ1) is 11.1. The Morgan fingerprint density at radius 3 is 2.86 bits per heavy atom. The molecule has 0 saturated carbocycles. The van der Waals surface area contributed by atoms with Crippen LogP contribution in [0.15, 0.2) is 24.3 Å². The van der Waals surface area contributed by atoms with Gasteiger partial charge in [-0.2, -0.15) is 0 Å². The molecule has 2 nitrogen and oxygen atoms in total. The third kappa shape index (κ3) is 3.42. The van der Waals surface area contributed by atoms with E-state index in [0.29, 0.717) is 0 Å². The molecule has 0 spiro atoms. The van der Waals surface area contributed by atoms with E-state index in [0.717, 1.165) is 17.9 Å². The van der Waals surface area contributed by atoms with Crippen molar-refractivity contribution in [2.75, 3.05) is 11.1 Å². The predicted molar refractivity (Wildman–Crippen MR) is 63.0 cm³/mol. The molecule has 0 heterocycles. The fourth-order valence-corrected chi connectivity index (χ4v) is 1.61. The number of carbonyl (C=O) groups is 1. The van der Waals surface area contributed by atoms with Crippen LogP contribution in [0.2, 0.25) is 0 Å². The molecule has 0 fully saturated rings. The number of thioether (sulfide) groups is 1. The third-order valence-electron chi connectivity index (χ3n) is 1.86. The Kier molecular flexibility index (Phi) is 4.53. The highest BCUT2D eigenvalue weighted by Crippen LogP contribution is 2.13. The van der Waals surface area contributed by atoms with E-state index in [1.54, 1.807) is 0 Å². The van der Waals surface area contributed by atoms with Gasteiger partial charge in [-0.3, -0.25) is 4.79 Å². The number of aryl methyl sites for hydroxylation is 1. The highest BCUT2D eigenvalue weighted by molar-refractivity contribution is 8.13. The van der Waals surface area contributed by atoms with Crippen LogP contribution in [0.3, 0.4) is 0 Å². The second-order valence-corrected chi connectivity index (χ2v) is 4.14. The van der Waals surface area contributed by atoms with Crippen LogP contribution in [-0.4, -0.2) is 11.0 Å². The summed E-state index contributed by atoms with van der Waals surface area (Å²) in [6.45, 7) is 4.06. The minimum atomic E-state index is 0.0146. The molecule has 0 aliphatic carbocycles. The summed E-state index contributed by atoms with van der Waals surface area (Å²) in [4.78, 5) is 11.3. The first-order valence-corrected chi connectivity index (χ1v) is 5.77.